The van der Waals surface area contributed by atoms with E-state index in [0.29, 0.717) is 0 Å². The largest absolute Gasteiger partial charge is 0.456 e. The molecule has 1 fully saturated rings. The first-order chi connectivity index (χ1) is 15.2. The van der Waals surface area contributed by atoms with E-state index in [0.717, 1.165) is 11.1 Å². The van der Waals surface area contributed by atoms with Gasteiger partial charge in [0, 0.05) is 6.42 Å². The number of rotatable bonds is 7. The number of esters is 1. The Hall–Kier alpha value is -3.17. The van der Waals surface area contributed by atoms with Crippen molar-refractivity contribution in [2.75, 3.05) is 0 Å². The average Bonchev–Trinajstić information content (AvgIpc) is 3.06. The van der Waals surface area contributed by atoms with Gasteiger partial charge in [-0.25, -0.2) is 4.79 Å². The second-order valence-electron chi connectivity index (χ2n) is 7.93. The van der Waals surface area contributed by atoms with E-state index >= 15 is 0 Å². The fourth-order valence-corrected chi connectivity index (χ4v) is 4.95. The number of hydrogen-bond acceptors (Lipinski definition) is 7. The van der Waals surface area contributed by atoms with Crippen LogP contribution >= 0.6 is 0 Å². The Balaban J connectivity index is 1.62. The van der Waals surface area contributed by atoms with E-state index in [1.165, 1.54) is 24.0 Å². The molecule has 2 heterocycles. The number of ether oxygens (including phenoxy) is 1. The molecular formula is C23H23NO7S. The lowest BCUT2D eigenvalue weighted by Gasteiger charge is -2.44. The molecular weight excluding hydrogens is 434 g/mol. The fourth-order valence-electron chi connectivity index (χ4n) is 3.97. The summed E-state index contributed by atoms with van der Waals surface area (Å²) in [7, 11) is -4.23. The summed E-state index contributed by atoms with van der Waals surface area (Å²) in [6.07, 6.45) is -0.958. The van der Waals surface area contributed by atoms with Crippen LogP contribution in [0.15, 0.2) is 70.9 Å². The quantitative estimate of drug-likeness (QED) is 0.386. The highest BCUT2D eigenvalue weighted by Gasteiger charge is 2.58. The second-order valence-corrected chi connectivity index (χ2v) is 9.48. The Kier molecular flexibility index (Phi) is 5.79. The first-order valence-electron chi connectivity index (χ1n) is 10.2. The number of aryl methyl sites for hydroxylation is 1. The smallest absolute Gasteiger partial charge is 0.358 e. The van der Waals surface area contributed by atoms with Gasteiger partial charge in [-0.2, -0.15) is 8.42 Å². The highest BCUT2D eigenvalue weighted by Crippen LogP contribution is 2.45. The van der Waals surface area contributed by atoms with E-state index in [-0.39, 0.29) is 29.4 Å². The third-order valence-corrected chi connectivity index (χ3v) is 6.88. The second kappa shape index (κ2) is 8.40. The van der Waals surface area contributed by atoms with Crippen LogP contribution in [0.5, 0.6) is 0 Å². The molecule has 1 saturated heterocycles. The minimum Gasteiger partial charge on any atom is -0.456 e. The zero-order valence-electron chi connectivity index (χ0n) is 17.6. The average molecular weight is 458 g/mol. The van der Waals surface area contributed by atoms with Gasteiger partial charge in [-0.15, -0.1) is 0 Å². The zero-order valence-corrected chi connectivity index (χ0v) is 18.4. The Morgan fingerprint density at radius 3 is 2.44 bits per heavy atom. The van der Waals surface area contributed by atoms with Gasteiger partial charge in [0.1, 0.15) is 11.5 Å². The molecule has 2 aromatic carbocycles. The third-order valence-electron chi connectivity index (χ3n) is 5.61. The van der Waals surface area contributed by atoms with Crippen molar-refractivity contribution in [1.29, 1.82) is 0 Å². The molecule has 168 valence electrons. The van der Waals surface area contributed by atoms with Crippen LogP contribution in [-0.2, 0) is 35.2 Å². The number of fused-ring (bicyclic) bond motifs is 1. The van der Waals surface area contributed by atoms with E-state index in [2.05, 4.69) is 0 Å². The van der Waals surface area contributed by atoms with Crippen molar-refractivity contribution < 1.29 is 32.0 Å². The summed E-state index contributed by atoms with van der Waals surface area (Å²) < 4.78 is 36.3. The molecule has 9 heteroatoms. The Morgan fingerprint density at radius 1 is 1.16 bits per heavy atom. The molecule has 2 aromatic rings. The number of β-lactam (4-membered cyclic amide) rings is 1. The number of nitrogens with zero attached hydrogens (tertiary/aromatic N) is 1. The van der Waals surface area contributed by atoms with Crippen molar-refractivity contribution >= 4 is 22.0 Å². The van der Waals surface area contributed by atoms with E-state index < -0.39 is 40.1 Å². The summed E-state index contributed by atoms with van der Waals surface area (Å²) in [6, 6.07) is 14.5. The van der Waals surface area contributed by atoms with Gasteiger partial charge < -0.3 is 14.0 Å². The van der Waals surface area contributed by atoms with Crippen molar-refractivity contribution in [1.82, 2.24) is 4.90 Å². The molecule has 1 N–H and O–H groups in total. The van der Waals surface area contributed by atoms with Gasteiger partial charge in [0.15, 0.2) is 11.5 Å². The van der Waals surface area contributed by atoms with Gasteiger partial charge >= 0.3 is 16.1 Å². The van der Waals surface area contributed by atoms with Crippen LogP contribution in [0, 0.1) is 12.8 Å². The molecule has 3 atom stereocenters. The first-order valence-corrected chi connectivity index (χ1v) is 11.6. The maximum Gasteiger partial charge on any atom is 0.358 e. The van der Waals surface area contributed by atoms with Crippen LogP contribution in [0.4, 0.5) is 0 Å². The summed E-state index contributed by atoms with van der Waals surface area (Å²) in [4.78, 5) is 26.6. The topological polar surface area (TPSA) is 110 Å². The summed E-state index contributed by atoms with van der Waals surface area (Å²) >= 11 is 0. The fraction of sp³-hybridized carbons (Fsp3) is 0.304. The van der Waals surface area contributed by atoms with Crippen molar-refractivity contribution in [2.45, 2.75) is 43.9 Å². The van der Waals surface area contributed by atoms with E-state index in [1.54, 1.807) is 36.4 Å². The highest BCUT2D eigenvalue weighted by atomic mass is 32.2. The van der Waals surface area contributed by atoms with Gasteiger partial charge in [0.05, 0.1) is 18.1 Å². The summed E-state index contributed by atoms with van der Waals surface area (Å²) in [5.74, 6) is -2.23. The van der Waals surface area contributed by atoms with Crippen LogP contribution in [-0.4, -0.2) is 42.4 Å². The van der Waals surface area contributed by atoms with Crippen LogP contribution in [0.25, 0.3) is 0 Å². The minimum absolute atomic E-state index is 0.0117. The normalized spacial score (nSPS) is 21.1. The summed E-state index contributed by atoms with van der Waals surface area (Å²) in [5, 5.41) is 9.95. The number of hydrogen-bond donors (Lipinski definition) is 1. The third kappa shape index (κ3) is 4.01. The Morgan fingerprint density at radius 2 is 1.81 bits per heavy atom. The van der Waals surface area contributed by atoms with Crippen LogP contribution in [0.3, 0.4) is 0 Å². The zero-order chi connectivity index (χ0) is 23.0. The predicted octanol–water partition coefficient (Wildman–Crippen LogP) is 2.27. The molecule has 0 aliphatic carbocycles. The first kappa shape index (κ1) is 22.0. The van der Waals surface area contributed by atoms with Crippen molar-refractivity contribution in [2.24, 2.45) is 5.92 Å². The van der Waals surface area contributed by atoms with Crippen molar-refractivity contribution in [3.05, 3.63) is 77.2 Å². The number of aliphatic hydroxyl groups is 1. The van der Waals surface area contributed by atoms with Gasteiger partial charge in [-0.05, 0) is 31.5 Å². The maximum absolute atomic E-state index is 12.9. The lowest BCUT2D eigenvalue weighted by molar-refractivity contribution is -0.162. The monoisotopic (exact) mass is 457 g/mol. The Labute approximate surface area is 186 Å². The molecule has 0 radical (unpaired) electrons. The SMILES string of the molecule is Cc1ccc(S(=O)(=O)OC2=C(C(=O)OCc3ccccc3)N3C(=O)[C@H]([C@@H](C)O)[C@H]3C2)cc1. The molecule has 0 unspecified atom stereocenters. The lowest BCUT2D eigenvalue weighted by Crippen LogP contribution is -2.61. The van der Waals surface area contributed by atoms with E-state index in [9.17, 15) is 23.1 Å². The molecule has 0 bridgehead atoms. The van der Waals surface area contributed by atoms with E-state index in [1.807, 2.05) is 13.0 Å². The Bertz CT molecular complexity index is 1170. The molecule has 1 amide bonds. The van der Waals surface area contributed by atoms with E-state index in [4.69, 9.17) is 8.92 Å². The number of benzene rings is 2. The van der Waals surface area contributed by atoms with Gasteiger partial charge in [0.25, 0.3) is 0 Å². The number of carbonyl (C=O) groups is 2. The lowest BCUT2D eigenvalue weighted by atomic mass is 9.83. The van der Waals surface area contributed by atoms with Crippen molar-refractivity contribution in [3.8, 4) is 0 Å². The highest BCUT2D eigenvalue weighted by molar-refractivity contribution is 7.86. The molecule has 4 rings (SSSR count). The van der Waals surface area contributed by atoms with Crippen LogP contribution in [0.1, 0.15) is 24.5 Å². The molecule has 0 spiro atoms. The summed E-state index contributed by atoms with van der Waals surface area (Å²) in [6.45, 7) is 3.26. The molecule has 8 nitrogen and oxygen atoms in total. The molecule has 0 saturated carbocycles. The number of carbonyl (C=O) groups excluding carboxylic acids is 2. The summed E-state index contributed by atoms with van der Waals surface area (Å²) in [5.41, 5.74) is 1.38. The molecule has 2 aliphatic rings. The van der Waals surface area contributed by atoms with Gasteiger partial charge in [0.2, 0.25) is 5.91 Å². The maximum atomic E-state index is 12.9. The standard InChI is InChI=1S/C23H23NO7S/c1-14-8-10-17(11-9-14)32(28,29)31-19-12-18-20(15(2)25)22(26)24(18)21(19)23(27)30-13-16-6-4-3-5-7-16/h3-11,15,18,20,25H,12-13H2,1-2H3/t15-,18-,20-/m1/s1. The van der Waals surface area contributed by atoms with Crippen molar-refractivity contribution in [3.63, 3.8) is 0 Å². The number of aliphatic hydroxyl groups excluding tert-OH is 1. The number of amides is 1. The van der Waals surface area contributed by atoms with Gasteiger partial charge in [-0.1, -0.05) is 48.0 Å². The predicted molar refractivity (Wildman–Crippen MR) is 113 cm³/mol. The molecule has 32 heavy (non-hydrogen) atoms. The van der Waals surface area contributed by atoms with Gasteiger partial charge in [-0.3, -0.25) is 9.69 Å². The van der Waals surface area contributed by atoms with Crippen LogP contribution < -0.4 is 0 Å². The molecule has 2 aliphatic heterocycles. The minimum atomic E-state index is -4.23. The molecule has 0 aromatic heterocycles. The van der Waals surface area contributed by atoms with Crippen LogP contribution in [0.2, 0.25) is 0 Å².